The molecule has 2 N–H and O–H groups in total. The minimum atomic E-state index is -0.341. The van der Waals surface area contributed by atoms with E-state index in [1.807, 2.05) is 22.9 Å². The molecular formula is C13H16ClN3O. The van der Waals surface area contributed by atoms with Crippen LogP contribution >= 0.6 is 11.6 Å². The SMILES string of the molecule is CCn1cnc(C(N)c2cc(Cl)ccc2OC)c1. The minimum absolute atomic E-state index is 0.341. The molecule has 5 heteroatoms. The average Bonchev–Trinajstić information content (AvgIpc) is 2.86. The third-order valence-corrected chi connectivity index (χ3v) is 3.10. The topological polar surface area (TPSA) is 53.1 Å². The quantitative estimate of drug-likeness (QED) is 0.925. The molecule has 1 aromatic carbocycles. The number of aromatic nitrogens is 2. The van der Waals surface area contributed by atoms with Crippen molar-refractivity contribution in [1.29, 1.82) is 0 Å². The zero-order valence-corrected chi connectivity index (χ0v) is 11.2. The second-order valence-electron chi connectivity index (χ2n) is 3.99. The van der Waals surface area contributed by atoms with Crippen LogP contribution in [0.15, 0.2) is 30.7 Å². The first-order valence-corrected chi connectivity index (χ1v) is 6.14. The van der Waals surface area contributed by atoms with Crippen molar-refractivity contribution in [2.24, 2.45) is 5.73 Å². The van der Waals surface area contributed by atoms with Crippen LogP contribution in [-0.4, -0.2) is 16.7 Å². The molecule has 1 aromatic heterocycles. The second kappa shape index (κ2) is 5.42. The number of methoxy groups -OCH3 is 1. The van der Waals surface area contributed by atoms with Crippen LogP contribution in [0.1, 0.15) is 24.2 Å². The molecule has 2 aromatic rings. The van der Waals surface area contributed by atoms with Crippen molar-refractivity contribution in [3.63, 3.8) is 0 Å². The number of rotatable bonds is 4. The van der Waals surface area contributed by atoms with Gasteiger partial charge in [-0.3, -0.25) is 0 Å². The van der Waals surface area contributed by atoms with Crippen molar-refractivity contribution in [2.75, 3.05) is 7.11 Å². The number of imidazole rings is 1. The maximum Gasteiger partial charge on any atom is 0.124 e. The molecule has 1 heterocycles. The standard InChI is InChI=1S/C13H16ClN3O/c1-3-17-7-11(16-8-17)13(15)10-6-9(14)4-5-12(10)18-2/h4-8,13H,3,15H2,1-2H3. The molecule has 0 fully saturated rings. The van der Waals surface area contributed by atoms with E-state index in [0.717, 1.165) is 23.6 Å². The Morgan fingerprint density at radius 1 is 1.50 bits per heavy atom. The summed E-state index contributed by atoms with van der Waals surface area (Å²) in [4.78, 5) is 4.31. The van der Waals surface area contributed by atoms with Crippen LogP contribution in [0.25, 0.3) is 0 Å². The number of ether oxygens (including phenoxy) is 1. The lowest BCUT2D eigenvalue weighted by Gasteiger charge is -2.14. The molecule has 0 bridgehead atoms. The maximum absolute atomic E-state index is 6.22. The van der Waals surface area contributed by atoms with Crippen LogP contribution < -0.4 is 10.5 Å². The number of nitrogens with two attached hydrogens (primary N) is 1. The van der Waals surface area contributed by atoms with Gasteiger partial charge in [0.2, 0.25) is 0 Å². The van der Waals surface area contributed by atoms with Gasteiger partial charge in [-0.05, 0) is 25.1 Å². The van der Waals surface area contributed by atoms with Crippen molar-refractivity contribution >= 4 is 11.6 Å². The van der Waals surface area contributed by atoms with Gasteiger partial charge in [-0.15, -0.1) is 0 Å². The lowest BCUT2D eigenvalue weighted by molar-refractivity contribution is 0.407. The maximum atomic E-state index is 6.22. The Hall–Kier alpha value is -1.52. The summed E-state index contributed by atoms with van der Waals surface area (Å²) in [6.07, 6.45) is 3.71. The summed E-state index contributed by atoms with van der Waals surface area (Å²) in [7, 11) is 1.62. The Bertz CT molecular complexity index is 539. The summed E-state index contributed by atoms with van der Waals surface area (Å²) in [6, 6.07) is 5.07. The van der Waals surface area contributed by atoms with Crippen LogP contribution in [0, 0.1) is 0 Å². The lowest BCUT2D eigenvalue weighted by Crippen LogP contribution is -2.13. The summed E-state index contributed by atoms with van der Waals surface area (Å²) >= 11 is 6.00. The summed E-state index contributed by atoms with van der Waals surface area (Å²) < 4.78 is 7.28. The van der Waals surface area contributed by atoms with Crippen molar-refractivity contribution in [1.82, 2.24) is 9.55 Å². The van der Waals surface area contributed by atoms with Gasteiger partial charge in [0.1, 0.15) is 5.75 Å². The summed E-state index contributed by atoms with van der Waals surface area (Å²) in [5, 5.41) is 0.635. The smallest absolute Gasteiger partial charge is 0.124 e. The van der Waals surface area contributed by atoms with E-state index in [2.05, 4.69) is 11.9 Å². The number of aryl methyl sites for hydroxylation is 1. The van der Waals surface area contributed by atoms with E-state index in [4.69, 9.17) is 22.1 Å². The fourth-order valence-electron chi connectivity index (χ4n) is 1.82. The first-order chi connectivity index (χ1) is 8.65. The van der Waals surface area contributed by atoms with Gasteiger partial charge in [-0.2, -0.15) is 0 Å². The van der Waals surface area contributed by atoms with Gasteiger partial charge in [0.05, 0.1) is 25.2 Å². The van der Waals surface area contributed by atoms with Crippen LogP contribution in [0.4, 0.5) is 0 Å². The molecule has 4 nitrogen and oxygen atoms in total. The zero-order valence-electron chi connectivity index (χ0n) is 10.4. The Morgan fingerprint density at radius 3 is 2.89 bits per heavy atom. The van der Waals surface area contributed by atoms with Crippen molar-refractivity contribution < 1.29 is 4.74 Å². The lowest BCUT2D eigenvalue weighted by atomic mass is 10.0. The molecule has 0 amide bonds. The van der Waals surface area contributed by atoms with Gasteiger partial charge in [0.25, 0.3) is 0 Å². The van der Waals surface area contributed by atoms with E-state index in [-0.39, 0.29) is 6.04 Å². The van der Waals surface area contributed by atoms with E-state index in [9.17, 15) is 0 Å². The Morgan fingerprint density at radius 2 is 2.28 bits per heavy atom. The number of halogens is 1. The van der Waals surface area contributed by atoms with Gasteiger partial charge in [0, 0.05) is 23.3 Å². The highest BCUT2D eigenvalue weighted by atomic mass is 35.5. The van der Waals surface area contributed by atoms with Crippen LogP contribution in [-0.2, 0) is 6.54 Å². The molecule has 0 aliphatic heterocycles. The molecule has 0 saturated heterocycles. The third kappa shape index (κ3) is 2.49. The molecule has 0 radical (unpaired) electrons. The van der Waals surface area contributed by atoms with Crippen LogP contribution in [0.5, 0.6) is 5.75 Å². The molecule has 1 atom stereocenters. The highest BCUT2D eigenvalue weighted by Gasteiger charge is 2.16. The molecule has 18 heavy (non-hydrogen) atoms. The molecule has 96 valence electrons. The molecule has 0 saturated carbocycles. The number of nitrogens with zero attached hydrogens (tertiary/aromatic N) is 2. The highest BCUT2D eigenvalue weighted by molar-refractivity contribution is 6.30. The Balaban J connectivity index is 2.38. The van der Waals surface area contributed by atoms with Crippen molar-refractivity contribution in [2.45, 2.75) is 19.5 Å². The summed E-state index contributed by atoms with van der Waals surface area (Å²) in [5.74, 6) is 0.720. The molecule has 0 spiro atoms. The normalized spacial score (nSPS) is 12.4. The summed E-state index contributed by atoms with van der Waals surface area (Å²) in [6.45, 7) is 2.92. The van der Waals surface area contributed by atoms with E-state index in [1.165, 1.54) is 0 Å². The fourth-order valence-corrected chi connectivity index (χ4v) is 2.00. The van der Waals surface area contributed by atoms with Gasteiger partial charge in [-0.1, -0.05) is 11.6 Å². The fraction of sp³-hybridized carbons (Fsp3) is 0.308. The highest BCUT2D eigenvalue weighted by Crippen LogP contribution is 2.30. The first kappa shape index (κ1) is 12.9. The molecule has 2 rings (SSSR count). The van der Waals surface area contributed by atoms with Crippen molar-refractivity contribution in [3.8, 4) is 5.75 Å². The van der Waals surface area contributed by atoms with Gasteiger partial charge in [-0.25, -0.2) is 4.98 Å². The summed E-state index contributed by atoms with van der Waals surface area (Å²) in [5.41, 5.74) is 7.86. The molecular weight excluding hydrogens is 250 g/mol. The molecule has 0 aliphatic rings. The van der Waals surface area contributed by atoms with E-state index in [1.54, 1.807) is 19.5 Å². The first-order valence-electron chi connectivity index (χ1n) is 5.76. The largest absolute Gasteiger partial charge is 0.496 e. The molecule has 0 aliphatic carbocycles. The van der Waals surface area contributed by atoms with Crippen molar-refractivity contribution in [3.05, 3.63) is 47.0 Å². The monoisotopic (exact) mass is 265 g/mol. The van der Waals surface area contributed by atoms with Crippen LogP contribution in [0.2, 0.25) is 5.02 Å². The Kier molecular flexibility index (Phi) is 3.89. The van der Waals surface area contributed by atoms with E-state index < -0.39 is 0 Å². The van der Waals surface area contributed by atoms with E-state index >= 15 is 0 Å². The van der Waals surface area contributed by atoms with Crippen LogP contribution in [0.3, 0.4) is 0 Å². The minimum Gasteiger partial charge on any atom is -0.496 e. The predicted molar refractivity (Wildman–Crippen MR) is 71.9 cm³/mol. The van der Waals surface area contributed by atoms with Gasteiger partial charge < -0.3 is 15.0 Å². The van der Waals surface area contributed by atoms with Gasteiger partial charge >= 0.3 is 0 Å². The number of hydrogen-bond acceptors (Lipinski definition) is 3. The average molecular weight is 266 g/mol. The number of hydrogen-bond donors (Lipinski definition) is 1. The Labute approximate surface area is 111 Å². The predicted octanol–water partition coefficient (Wildman–Crippen LogP) is 2.61. The molecule has 1 unspecified atom stereocenters. The van der Waals surface area contributed by atoms with Gasteiger partial charge in [0.15, 0.2) is 0 Å². The third-order valence-electron chi connectivity index (χ3n) is 2.86. The number of benzene rings is 1. The zero-order chi connectivity index (χ0) is 13.1. The van der Waals surface area contributed by atoms with E-state index in [0.29, 0.717) is 5.02 Å². The second-order valence-corrected chi connectivity index (χ2v) is 4.43.